The van der Waals surface area contributed by atoms with Crippen LogP contribution in [0.4, 0.5) is 0 Å². The molecule has 31 heavy (non-hydrogen) atoms. The predicted molar refractivity (Wildman–Crippen MR) is 122 cm³/mol. The van der Waals surface area contributed by atoms with Gasteiger partial charge in [0.25, 0.3) is 0 Å². The van der Waals surface area contributed by atoms with Crippen LogP contribution < -0.4 is 5.32 Å². The minimum Gasteiger partial charge on any atom is -0.459 e. The predicted octanol–water partition coefficient (Wildman–Crippen LogP) is 4.58. The molecular formula is C24H30N2O4S. The lowest BCUT2D eigenvalue weighted by Gasteiger charge is -2.18. The Morgan fingerprint density at radius 3 is 2.32 bits per heavy atom. The van der Waals surface area contributed by atoms with E-state index < -0.39 is 10.0 Å². The van der Waals surface area contributed by atoms with E-state index >= 15 is 0 Å². The third kappa shape index (κ3) is 4.99. The van der Waals surface area contributed by atoms with Crippen molar-refractivity contribution in [2.45, 2.75) is 51.5 Å². The van der Waals surface area contributed by atoms with Gasteiger partial charge in [-0.25, -0.2) is 8.42 Å². The van der Waals surface area contributed by atoms with Crippen molar-refractivity contribution in [2.24, 2.45) is 0 Å². The summed E-state index contributed by atoms with van der Waals surface area (Å²) >= 11 is 0. The topological polar surface area (TPSA) is 79.6 Å². The minimum atomic E-state index is -3.47. The van der Waals surface area contributed by atoms with Crippen molar-refractivity contribution in [1.82, 2.24) is 9.62 Å². The molecule has 6 nitrogen and oxygen atoms in total. The molecule has 1 heterocycles. The largest absolute Gasteiger partial charge is 0.459 e. The SMILES string of the molecule is CCN(CC)S(=O)(=O)c1ccc(CCC(=O)NC(C)c2oc3ccccc3c2C)cc1. The maximum atomic E-state index is 12.6. The Bertz CT molecular complexity index is 1150. The second-order valence-electron chi connectivity index (χ2n) is 7.61. The zero-order valence-electron chi connectivity index (χ0n) is 18.5. The molecule has 0 saturated carbocycles. The molecule has 166 valence electrons. The lowest BCUT2D eigenvalue weighted by Crippen LogP contribution is -2.30. The monoisotopic (exact) mass is 442 g/mol. The summed E-state index contributed by atoms with van der Waals surface area (Å²) in [5, 5.41) is 4.05. The quantitative estimate of drug-likeness (QED) is 0.526. The Balaban J connectivity index is 1.60. The summed E-state index contributed by atoms with van der Waals surface area (Å²) < 4.78 is 32.5. The first kappa shape index (κ1) is 23.0. The summed E-state index contributed by atoms with van der Waals surface area (Å²) in [7, 11) is -3.47. The first-order chi connectivity index (χ1) is 14.8. The number of fused-ring (bicyclic) bond motifs is 1. The Morgan fingerprint density at radius 1 is 1.06 bits per heavy atom. The number of para-hydroxylation sites is 1. The van der Waals surface area contributed by atoms with E-state index in [1.54, 1.807) is 24.3 Å². The van der Waals surface area contributed by atoms with Gasteiger partial charge in [0.1, 0.15) is 11.3 Å². The second-order valence-corrected chi connectivity index (χ2v) is 9.55. The lowest BCUT2D eigenvalue weighted by molar-refractivity contribution is -0.121. The molecule has 3 aromatic rings. The van der Waals surface area contributed by atoms with Crippen LogP contribution in [0.2, 0.25) is 0 Å². The van der Waals surface area contributed by atoms with Crippen LogP contribution in [0, 0.1) is 6.92 Å². The summed E-state index contributed by atoms with van der Waals surface area (Å²) in [5.41, 5.74) is 2.77. The highest BCUT2D eigenvalue weighted by Crippen LogP contribution is 2.29. The number of carbonyl (C=O) groups excluding carboxylic acids is 1. The summed E-state index contributed by atoms with van der Waals surface area (Å²) in [6.45, 7) is 8.42. The van der Waals surface area contributed by atoms with Crippen LogP contribution in [0.15, 0.2) is 57.8 Å². The molecule has 0 aliphatic carbocycles. The number of nitrogens with one attached hydrogen (secondary N) is 1. The number of carbonyl (C=O) groups is 1. The normalized spacial score (nSPS) is 12.9. The van der Waals surface area contributed by atoms with E-state index in [0.717, 1.165) is 27.9 Å². The molecule has 1 atom stereocenters. The summed E-state index contributed by atoms with van der Waals surface area (Å²) in [6, 6.07) is 14.4. The molecule has 0 bridgehead atoms. The van der Waals surface area contributed by atoms with Crippen LogP contribution in [0.3, 0.4) is 0 Å². The standard InChI is InChI=1S/C24H30N2O4S/c1-5-26(6-2)31(28,29)20-14-11-19(12-15-20)13-16-23(27)25-18(4)24-17(3)21-9-7-8-10-22(21)30-24/h7-12,14-15,18H,5-6,13,16H2,1-4H3,(H,25,27). The molecule has 0 aliphatic heterocycles. The first-order valence-electron chi connectivity index (χ1n) is 10.6. The number of benzene rings is 2. The Hall–Kier alpha value is -2.64. The second kappa shape index (κ2) is 9.66. The van der Waals surface area contributed by atoms with Gasteiger partial charge in [-0.15, -0.1) is 0 Å². The number of hydrogen-bond donors (Lipinski definition) is 1. The fourth-order valence-corrected chi connectivity index (χ4v) is 5.24. The van der Waals surface area contributed by atoms with E-state index in [1.807, 2.05) is 52.0 Å². The molecular weight excluding hydrogens is 412 g/mol. The van der Waals surface area contributed by atoms with Gasteiger partial charge in [-0.05, 0) is 44.0 Å². The van der Waals surface area contributed by atoms with Gasteiger partial charge in [0.15, 0.2) is 0 Å². The molecule has 0 spiro atoms. The highest BCUT2D eigenvalue weighted by Gasteiger charge is 2.21. The van der Waals surface area contributed by atoms with E-state index in [0.29, 0.717) is 25.9 Å². The highest BCUT2D eigenvalue weighted by molar-refractivity contribution is 7.89. The van der Waals surface area contributed by atoms with Crippen molar-refractivity contribution >= 4 is 26.9 Å². The number of aryl methyl sites for hydroxylation is 2. The van der Waals surface area contributed by atoms with Crippen molar-refractivity contribution in [3.8, 4) is 0 Å². The number of amides is 1. The number of hydrogen-bond acceptors (Lipinski definition) is 4. The minimum absolute atomic E-state index is 0.0767. The molecule has 2 aromatic carbocycles. The maximum Gasteiger partial charge on any atom is 0.243 e. The fraction of sp³-hybridized carbons (Fsp3) is 0.375. The van der Waals surface area contributed by atoms with Gasteiger partial charge in [0.05, 0.1) is 10.9 Å². The van der Waals surface area contributed by atoms with Crippen molar-refractivity contribution in [3.63, 3.8) is 0 Å². The van der Waals surface area contributed by atoms with Crippen LogP contribution in [0.1, 0.15) is 50.1 Å². The van der Waals surface area contributed by atoms with Crippen molar-refractivity contribution in [1.29, 1.82) is 0 Å². The molecule has 1 amide bonds. The van der Waals surface area contributed by atoms with E-state index in [1.165, 1.54) is 4.31 Å². The van der Waals surface area contributed by atoms with Gasteiger partial charge in [-0.2, -0.15) is 4.31 Å². The fourth-order valence-electron chi connectivity index (χ4n) is 3.78. The van der Waals surface area contributed by atoms with Crippen LogP contribution >= 0.6 is 0 Å². The summed E-state index contributed by atoms with van der Waals surface area (Å²) in [6.07, 6.45) is 0.842. The van der Waals surface area contributed by atoms with E-state index in [4.69, 9.17) is 4.42 Å². The smallest absolute Gasteiger partial charge is 0.243 e. The van der Waals surface area contributed by atoms with Crippen LogP contribution in [0.25, 0.3) is 11.0 Å². The van der Waals surface area contributed by atoms with Gasteiger partial charge in [0, 0.05) is 30.5 Å². The van der Waals surface area contributed by atoms with Gasteiger partial charge in [-0.3, -0.25) is 4.79 Å². The Labute approximate surface area is 184 Å². The lowest BCUT2D eigenvalue weighted by atomic mass is 10.1. The Morgan fingerprint density at radius 2 is 1.71 bits per heavy atom. The molecule has 0 fully saturated rings. The van der Waals surface area contributed by atoms with Crippen molar-refractivity contribution in [3.05, 3.63) is 65.4 Å². The average molecular weight is 443 g/mol. The zero-order valence-corrected chi connectivity index (χ0v) is 19.3. The highest BCUT2D eigenvalue weighted by atomic mass is 32.2. The van der Waals surface area contributed by atoms with Crippen LogP contribution in [-0.4, -0.2) is 31.7 Å². The molecule has 1 unspecified atom stereocenters. The third-order valence-electron chi connectivity index (χ3n) is 5.56. The zero-order chi connectivity index (χ0) is 22.6. The molecule has 0 radical (unpaired) electrons. The molecule has 7 heteroatoms. The van der Waals surface area contributed by atoms with E-state index in [9.17, 15) is 13.2 Å². The summed E-state index contributed by atoms with van der Waals surface area (Å²) in [5.74, 6) is 0.688. The van der Waals surface area contributed by atoms with E-state index in [2.05, 4.69) is 5.32 Å². The molecule has 0 saturated heterocycles. The summed E-state index contributed by atoms with van der Waals surface area (Å²) in [4.78, 5) is 12.7. The molecule has 1 aromatic heterocycles. The third-order valence-corrected chi connectivity index (χ3v) is 7.62. The number of nitrogens with zero attached hydrogens (tertiary/aromatic N) is 1. The van der Waals surface area contributed by atoms with Gasteiger partial charge in [-0.1, -0.05) is 44.2 Å². The first-order valence-corrected chi connectivity index (χ1v) is 12.1. The number of furan rings is 1. The van der Waals surface area contributed by atoms with Gasteiger partial charge < -0.3 is 9.73 Å². The van der Waals surface area contributed by atoms with Crippen LogP contribution in [0.5, 0.6) is 0 Å². The van der Waals surface area contributed by atoms with E-state index in [-0.39, 0.29) is 16.8 Å². The van der Waals surface area contributed by atoms with Crippen LogP contribution in [-0.2, 0) is 21.2 Å². The maximum absolute atomic E-state index is 12.6. The Kier molecular flexibility index (Phi) is 7.18. The van der Waals surface area contributed by atoms with Crippen molar-refractivity contribution < 1.29 is 17.6 Å². The average Bonchev–Trinajstić information content (AvgIpc) is 3.10. The molecule has 3 rings (SSSR count). The molecule has 1 N–H and O–H groups in total. The molecule has 0 aliphatic rings. The van der Waals surface area contributed by atoms with Crippen molar-refractivity contribution in [2.75, 3.05) is 13.1 Å². The van der Waals surface area contributed by atoms with Gasteiger partial charge in [0.2, 0.25) is 15.9 Å². The number of sulfonamides is 1. The van der Waals surface area contributed by atoms with Gasteiger partial charge >= 0.3 is 0 Å². The number of rotatable bonds is 9.